The highest BCUT2D eigenvalue weighted by molar-refractivity contribution is 5.72. The van der Waals surface area contributed by atoms with E-state index < -0.39 is 0 Å². The van der Waals surface area contributed by atoms with Gasteiger partial charge in [0.05, 0.1) is 6.10 Å². The summed E-state index contributed by atoms with van der Waals surface area (Å²) in [5.41, 5.74) is 3.67. The number of rotatable bonds is 12. The average molecular weight is 441 g/mol. The van der Waals surface area contributed by atoms with Gasteiger partial charge in [-0.2, -0.15) is 0 Å². The SMILES string of the molecule is C\C(C=O)=C/C=C/C(C)=C/CCCC(C)/C=C/C=C(\C)CCC1C(C)C[C@@H](O)CC1(C)C. The maximum atomic E-state index is 10.6. The number of aliphatic hydroxyl groups is 1. The normalized spacial score (nSPS) is 26.1. The number of hydrogen-bond donors (Lipinski definition) is 1. The average Bonchev–Trinajstić information content (AvgIpc) is 2.69. The van der Waals surface area contributed by atoms with Crippen LogP contribution in [0.4, 0.5) is 0 Å². The molecule has 1 aliphatic rings. The van der Waals surface area contributed by atoms with Crippen molar-refractivity contribution in [1.29, 1.82) is 0 Å². The molecule has 1 rings (SSSR count). The molecule has 0 aromatic heterocycles. The summed E-state index contributed by atoms with van der Waals surface area (Å²) in [7, 11) is 0. The van der Waals surface area contributed by atoms with Gasteiger partial charge >= 0.3 is 0 Å². The van der Waals surface area contributed by atoms with E-state index in [1.165, 1.54) is 30.4 Å². The minimum absolute atomic E-state index is 0.122. The third-order valence-corrected chi connectivity index (χ3v) is 7.00. The van der Waals surface area contributed by atoms with Crippen LogP contribution in [0.15, 0.2) is 59.3 Å². The largest absolute Gasteiger partial charge is 0.393 e. The molecule has 180 valence electrons. The van der Waals surface area contributed by atoms with Crippen molar-refractivity contribution in [3.05, 3.63) is 59.3 Å². The van der Waals surface area contributed by atoms with E-state index in [-0.39, 0.29) is 11.5 Å². The highest BCUT2D eigenvalue weighted by Crippen LogP contribution is 2.46. The molecule has 0 spiro atoms. The first-order valence-electron chi connectivity index (χ1n) is 12.5. The number of unbranched alkanes of at least 4 members (excludes halogenated alkanes) is 1. The second kappa shape index (κ2) is 14.5. The molecule has 2 heteroatoms. The summed E-state index contributed by atoms with van der Waals surface area (Å²) in [5.74, 6) is 1.87. The van der Waals surface area contributed by atoms with Gasteiger partial charge < -0.3 is 5.11 Å². The lowest BCUT2D eigenvalue weighted by Crippen LogP contribution is -2.39. The zero-order chi connectivity index (χ0) is 24.1. The number of aldehydes is 1. The van der Waals surface area contributed by atoms with E-state index in [0.29, 0.717) is 17.8 Å². The molecule has 0 radical (unpaired) electrons. The molecule has 0 bridgehead atoms. The summed E-state index contributed by atoms with van der Waals surface area (Å²) >= 11 is 0. The smallest absolute Gasteiger partial charge is 0.145 e. The molecule has 4 atom stereocenters. The van der Waals surface area contributed by atoms with Gasteiger partial charge in [0.25, 0.3) is 0 Å². The van der Waals surface area contributed by atoms with Crippen molar-refractivity contribution in [3.63, 3.8) is 0 Å². The zero-order valence-corrected chi connectivity index (χ0v) is 21.7. The van der Waals surface area contributed by atoms with Crippen LogP contribution in [-0.2, 0) is 4.79 Å². The molecule has 3 unspecified atom stereocenters. The van der Waals surface area contributed by atoms with Gasteiger partial charge in [0.1, 0.15) is 6.29 Å². The quantitative estimate of drug-likeness (QED) is 0.144. The van der Waals surface area contributed by atoms with Crippen molar-refractivity contribution in [3.8, 4) is 0 Å². The van der Waals surface area contributed by atoms with E-state index in [1.807, 2.05) is 19.1 Å². The van der Waals surface area contributed by atoms with Crippen LogP contribution < -0.4 is 0 Å². The Morgan fingerprint density at radius 3 is 2.50 bits per heavy atom. The fraction of sp³-hybridized carbons (Fsp3) is 0.633. The predicted octanol–water partition coefficient (Wildman–Crippen LogP) is 8.16. The first-order chi connectivity index (χ1) is 15.0. The Balaban J connectivity index is 2.36. The molecule has 1 saturated carbocycles. The molecule has 2 nitrogen and oxygen atoms in total. The van der Waals surface area contributed by atoms with Gasteiger partial charge in [-0.15, -0.1) is 0 Å². The molecule has 1 aliphatic carbocycles. The standard InChI is InChI=1S/C30H48O2/c1-23(12-8-9-13-24(2)15-11-17-26(4)22-31)14-10-16-25(3)18-19-29-27(5)20-28(32)21-30(29,6)7/h10-11,13-17,22-23,27-29,32H,8-9,12,18-21H2,1-7H3/b14-10+,15-11+,24-13+,25-16+,26-17+/t23?,27?,28-,29?/m1/s1. The maximum absolute atomic E-state index is 10.6. The van der Waals surface area contributed by atoms with Crippen molar-refractivity contribution in [2.75, 3.05) is 0 Å². The van der Waals surface area contributed by atoms with E-state index in [9.17, 15) is 9.90 Å². The second-order valence-electron chi connectivity index (χ2n) is 10.8. The molecule has 0 aromatic rings. The van der Waals surface area contributed by atoms with Crippen molar-refractivity contribution >= 4 is 6.29 Å². The van der Waals surface area contributed by atoms with Crippen LogP contribution in [0.1, 0.15) is 93.4 Å². The lowest BCUT2D eigenvalue weighted by Gasteiger charge is -2.45. The van der Waals surface area contributed by atoms with Gasteiger partial charge in [0.2, 0.25) is 0 Å². The molecule has 0 heterocycles. The first-order valence-corrected chi connectivity index (χ1v) is 12.5. The Kier molecular flexibility index (Phi) is 12.8. The van der Waals surface area contributed by atoms with Crippen molar-refractivity contribution in [2.24, 2.45) is 23.2 Å². The summed E-state index contributed by atoms with van der Waals surface area (Å²) in [5, 5.41) is 10.1. The Morgan fingerprint density at radius 1 is 1.12 bits per heavy atom. The van der Waals surface area contributed by atoms with Crippen LogP contribution in [0.2, 0.25) is 0 Å². The molecule has 0 saturated heterocycles. The Labute approximate surface area is 198 Å². The number of aliphatic hydroxyl groups excluding tert-OH is 1. The summed E-state index contributed by atoms with van der Waals surface area (Å²) in [6, 6.07) is 0. The van der Waals surface area contributed by atoms with Gasteiger partial charge in [0, 0.05) is 0 Å². The molecular formula is C30H48O2. The van der Waals surface area contributed by atoms with E-state index in [2.05, 4.69) is 71.9 Å². The third kappa shape index (κ3) is 11.3. The topological polar surface area (TPSA) is 37.3 Å². The summed E-state index contributed by atoms with van der Waals surface area (Å²) in [6.07, 6.45) is 23.4. The van der Waals surface area contributed by atoms with Crippen LogP contribution in [0.25, 0.3) is 0 Å². The molecular weight excluding hydrogens is 392 g/mol. The van der Waals surface area contributed by atoms with Crippen LogP contribution in [-0.4, -0.2) is 17.5 Å². The van der Waals surface area contributed by atoms with Crippen LogP contribution in [0.3, 0.4) is 0 Å². The lowest BCUT2D eigenvalue weighted by atomic mass is 9.61. The number of allylic oxidation sites excluding steroid dienone is 10. The fourth-order valence-electron chi connectivity index (χ4n) is 5.08. The molecule has 32 heavy (non-hydrogen) atoms. The maximum Gasteiger partial charge on any atom is 0.145 e. The van der Waals surface area contributed by atoms with E-state index in [4.69, 9.17) is 0 Å². The predicted molar refractivity (Wildman–Crippen MR) is 140 cm³/mol. The van der Waals surface area contributed by atoms with Gasteiger partial charge in [-0.1, -0.05) is 81.4 Å². The summed E-state index contributed by atoms with van der Waals surface area (Å²) < 4.78 is 0. The highest BCUT2D eigenvalue weighted by atomic mass is 16.3. The van der Waals surface area contributed by atoms with Gasteiger partial charge in [-0.3, -0.25) is 4.79 Å². The van der Waals surface area contributed by atoms with E-state index in [1.54, 1.807) is 0 Å². The van der Waals surface area contributed by atoms with Crippen LogP contribution >= 0.6 is 0 Å². The van der Waals surface area contributed by atoms with Crippen molar-refractivity contribution in [1.82, 2.24) is 0 Å². The molecule has 1 N–H and O–H groups in total. The molecule has 0 aromatic carbocycles. The molecule has 1 fully saturated rings. The van der Waals surface area contributed by atoms with Crippen molar-refractivity contribution < 1.29 is 9.90 Å². The van der Waals surface area contributed by atoms with Crippen LogP contribution in [0, 0.1) is 23.2 Å². The Morgan fingerprint density at radius 2 is 1.84 bits per heavy atom. The summed E-state index contributed by atoms with van der Waals surface area (Å²) in [6.45, 7) is 15.4. The third-order valence-electron chi connectivity index (χ3n) is 7.00. The second-order valence-corrected chi connectivity index (χ2v) is 10.8. The molecule has 0 amide bonds. The Hall–Kier alpha value is -1.67. The monoisotopic (exact) mass is 440 g/mol. The van der Waals surface area contributed by atoms with E-state index >= 15 is 0 Å². The van der Waals surface area contributed by atoms with Gasteiger partial charge in [0.15, 0.2) is 0 Å². The number of carbonyl (C=O) groups excluding carboxylic acids is 1. The number of carbonyl (C=O) groups is 1. The molecule has 0 aliphatic heterocycles. The minimum Gasteiger partial charge on any atom is -0.393 e. The van der Waals surface area contributed by atoms with Crippen LogP contribution in [0.5, 0.6) is 0 Å². The lowest BCUT2D eigenvalue weighted by molar-refractivity contribution is -0.104. The van der Waals surface area contributed by atoms with Gasteiger partial charge in [-0.25, -0.2) is 0 Å². The minimum atomic E-state index is -0.122. The summed E-state index contributed by atoms with van der Waals surface area (Å²) in [4.78, 5) is 10.6. The van der Waals surface area contributed by atoms with E-state index in [0.717, 1.165) is 37.5 Å². The number of hydrogen-bond acceptors (Lipinski definition) is 2. The van der Waals surface area contributed by atoms with Gasteiger partial charge in [-0.05, 0) is 94.5 Å². The highest BCUT2D eigenvalue weighted by Gasteiger charge is 2.39. The van der Waals surface area contributed by atoms with Crippen molar-refractivity contribution in [2.45, 2.75) is 99.5 Å². The first kappa shape index (κ1) is 28.4. The zero-order valence-electron chi connectivity index (χ0n) is 21.7. The fourth-order valence-corrected chi connectivity index (χ4v) is 5.08. The Bertz CT molecular complexity index is 717.